The molecule has 19 heavy (non-hydrogen) atoms. The summed E-state index contributed by atoms with van der Waals surface area (Å²) in [6.07, 6.45) is 1.21. The first-order chi connectivity index (χ1) is 9.04. The lowest BCUT2D eigenvalue weighted by Crippen LogP contribution is -2.33. The first-order valence-corrected chi connectivity index (χ1v) is 6.68. The second kappa shape index (κ2) is 8.19. The van der Waals surface area contributed by atoms with Gasteiger partial charge in [-0.25, -0.2) is 4.39 Å². The predicted molar refractivity (Wildman–Crippen MR) is 74.3 cm³/mol. The summed E-state index contributed by atoms with van der Waals surface area (Å²) in [4.78, 5) is 6.22. The van der Waals surface area contributed by atoms with Crippen molar-refractivity contribution in [1.29, 1.82) is 0 Å². The Labute approximate surface area is 114 Å². The third kappa shape index (κ3) is 5.63. The summed E-state index contributed by atoms with van der Waals surface area (Å²) in [7, 11) is 2.04. The molecule has 0 aromatic carbocycles. The van der Waals surface area contributed by atoms with Gasteiger partial charge in [0.1, 0.15) is 5.82 Å². The van der Waals surface area contributed by atoms with Crippen LogP contribution in [0.5, 0.6) is 0 Å². The summed E-state index contributed by atoms with van der Waals surface area (Å²) < 4.78 is 18.1. The summed E-state index contributed by atoms with van der Waals surface area (Å²) in [5.74, 6) is -0.0953. The number of ether oxygens (including phenoxy) is 1. The molecule has 1 heterocycles. The van der Waals surface area contributed by atoms with Crippen LogP contribution < -0.4 is 5.73 Å². The normalized spacial score (nSPS) is 14.6. The van der Waals surface area contributed by atoms with Gasteiger partial charge in [0.2, 0.25) is 0 Å². The zero-order valence-corrected chi connectivity index (χ0v) is 12.0. The van der Waals surface area contributed by atoms with Crippen LogP contribution in [0.3, 0.4) is 0 Å². The number of likely N-dealkylation sites (N-methyl/N-ethyl adjacent to an activating group) is 1. The van der Waals surface area contributed by atoms with Gasteiger partial charge in [-0.15, -0.1) is 0 Å². The van der Waals surface area contributed by atoms with E-state index in [1.807, 2.05) is 14.0 Å². The molecule has 1 rings (SSSR count). The Morgan fingerprint density at radius 1 is 1.47 bits per heavy atom. The summed E-state index contributed by atoms with van der Waals surface area (Å²) in [6.45, 7) is 7.26. The standard InChI is InChI=1S/C14H24FN3O/c1-4-19-8-7-18(3)10-11(2)14(16)13-6-5-12(15)9-17-13/h5-6,9,11,14H,4,7-8,10,16H2,1-3H3. The van der Waals surface area contributed by atoms with Crippen LogP contribution >= 0.6 is 0 Å². The fourth-order valence-electron chi connectivity index (χ4n) is 1.94. The Hall–Kier alpha value is -1.04. The van der Waals surface area contributed by atoms with Gasteiger partial charge in [-0.3, -0.25) is 4.98 Å². The minimum atomic E-state index is -0.336. The van der Waals surface area contributed by atoms with Crippen LogP contribution in [0, 0.1) is 11.7 Å². The molecule has 1 aromatic rings. The van der Waals surface area contributed by atoms with Crippen molar-refractivity contribution in [3.63, 3.8) is 0 Å². The fourth-order valence-corrected chi connectivity index (χ4v) is 1.94. The molecule has 0 saturated carbocycles. The average molecular weight is 269 g/mol. The van der Waals surface area contributed by atoms with E-state index in [0.29, 0.717) is 0 Å². The molecular formula is C14H24FN3O. The minimum Gasteiger partial charge on any atom is -0.380 e. The summed E-state index contributed by atoms with van der Waals surface area (Å²) in [5.41, 5.74) is 6.88. The van der Waals surface area contributed by atoms with E-state index in [4.69, 9.17) is 10.5 Å². The van der Waals surface area contributed by atoms with Crippen molar-refractivity contribution < 1.29 is 9.13 Å². The van der Waals surface area contributed by atoms with Crippen LogP contribution in [-0.2, 0) is 4.74 Å². The monoisotopic (exact) mass is 269 g/mol. The van der Waals surface area contributed by atoms with Crippen LogP contribution in [0.25, 0.3) is 0 Å². The van der Waals surface area contributed by atoms with E-state index in [-0.39, 0.29) is 17.8 Å². The van der Waals surface area contributed by atoms with Crippen molar-refractivity contribution in [2.45, 2.75) is 19.9 Å². The van der Waals surface area contributed by atoms with Crippen LogP contribution in [-0.4, -0.2) is 43.2 Å². The van der Waals surface area contributed by atoms with Gasteiger partial charge in [0.15, 0.2) is 0 Å². The molecule has 2 N–H and O–H groups in total. The number of nitrogens with zero attached hydrogens (tertiary/aromatic N) is 2. The molecule has 108 valence electrons. The summed E-state index contributed by atoms with van der Waals surface area (Å²) in [6, 6.07) is 2.86. The predicted octanol–water partition coefficient (Wildman–Crippen LogP) is 1.82. The molecule has 4 nitrogen and oxygen atoms in total. The van der Waals surface area contributed by atoms with Gasteiger partial charge in [0.25, 0.3) is 0 Å². The van der Waals surface area contributed by atoms with Gasteiger partial charge >= 0.3 is 0 Å². The van der Waals surface area contributed by atoms with Gasteiger partial charge in [-0.1, -0.05) is 6.92 Å². The third-order valence-corrected chi connectivity index (χ3v) is 3.13. The Morgan fingerprint density at radius 2 is 2.21 bits per heavy atom. The van der Waals surface area contributed by atoms with Crippen molar-refractivity contribution in [3.05, 3.63) is 29.8 Å². The van der Waals surface area contributed by atoms with Crippen molar-refractivity contribution in [3.8, 4) is 0 Å². The molecule has 0 amide bonds. The van der Waals surface area contributed by atoms with E-state index >= 15 is 0 Å². The number of nitrogens with two attached hydrogens (primary N) is 1. The Bertz CT molecular complexity index is 358. The van der Waals surface area contributed by atoms with E-state index in [2.05, 4.69) is 16.8 Å². The Kier molecular flexibility index (Phi) is 6.91. The molecule has 0 aliphatic carbocycles. The molecule has 1 aromatic heterocycles. The number of aromatic nitrogens is 1. The topological polar surface area (TPSA) is 51.4 Å². The van der Waals surface area contributed by atoms with Crippen molar-refractivity contribution in [1.82, 2.24) is 9.88 Å². The molecule has 2 unspecified atom stereocenters. The first-order valence-electron chi connectivity index (χ1n) is 6.68. The number of hydrogen-bond donors (Lipinski definition) is 1. The SMILES string of the molecule is CCOCCN(C)CC(C)C(N)c1ccc(F)cn1. The minimum absolute atomic E-state index is 0.185. The zero-order valence-electron chi connectivity index (χ0n) is 12.0. The molecule has 0 fully saturated rings. The lowest BCUT2D eigenvalue weighted by Gasteiger charge is -2.25. The highest BCUT2D eigenvalue weighted by Crippen LogP contribution is 2.18. The molecule has 0 bridgehead atoms. The molecular weight excluding hydrogens is 245 g/mol. The zero-order chi connectivity index (χ0) is 14.3. The maximum absolute atomic E-state index is 12.8. The van der Waals surface area contributed by atoms with Crippen LogP contribution in [0.1, 0.15) is 25.6 Å². The van der Waals surface area contributed by atoms with Gasteiger partial charge in [0, 0.05) is 19.7 Å². The van der Waals surface area contributed by atoms with Crippen molar-refractivity contribution in [2.24, 2.45) is 11.7 Å². The van der Waals surface area contributed by atoms with Crippen molar-refractivity contribution >= 4 is 0 Å². The number of rotatable bonds is 8. The van der Waals surface area contributed by atoms with E-state index in [1.54, 1.807) is 6.07 Å². The molecule has 0 aliphatic rings. The Balaban J connectivity index is 2.43. The second-order valence-corrected chi connectivity index (χ2v) is 4.86. The van der Waals surface area contributed by atoms with Gasteiger partial charge in [-0.2, -0.15) is 0 Å². The third-order valence-electron chi connectivity index (χ3n) is 3.13. The molecule has 5 heteroatoms. The smallest absolute Gasteiger partial charge is 0.141 e. The molecule has 2 atom stereocenters. The lowest BCUT2D eigenvalue weighted by molar-refractivity contribution is 0.116. The second-order valence-electron chi connectivity index (χ2n) is 4.86. The maximum atomic E-state index is 12.8. The van der Waals surface area contributed by atoms with Crippen LogP contribution in [0.4, 0.5) is 4.39 Å². The van der Waals surface area contributed by atoms with Gasteiger partial charge in [0.05, 0.1) is 24.5 Å². The van der Waals surface area contributed by atoms with E-state index in [1.165, 1.54) is 12.3 Å². The molecule has 0 aliphatic heterocycles. The first kappa shape index (κ1) is 16.0. The largest absolute Gasteiger partial charge is 0.380 e. The number of hydrogen-bond acceptors (Lipinski definition) is 4. The quantitative estimate of drug-likeness (QED) is 0.731. The van der Waals surface area contributed by atoms with Crippen LogP contribution in [0.2, 0.25) is 0 Å². The van der Waals surface area contributed by atoms with Gasteiger partial charge < -0.3 is 15.4 Å². The number of halogens is 1. The molecule has 0 saturated heterocycles. The van der Waals surface area contributed by atoms with Crippen molar-refractivity contribution in [2.75, 3.05) is 33.4 Å². The van der Waals surface area contributed by atoms with E-state index in [0.717, 1.165) is 32.0 Å². The van der Waals surface area contributed by atoms with Crippen LogP contribution in [0.15, 0.2) is 18.3 Å². The molecule has 0 spiro atoms. The highest BCUT2D eigenvalue weighted by molar-refractivity contribution is 5.10. The Morgan fingerprint density at radius 3 is 2.79 bits per heavy atom. The fraction of sp³-hybridized carbons (Fsp3) is 0.643. The molecule has 0 radical (unpaired) electrons. The lowest BCUT2D eigenvalue weighted by atomic mass is 9.99. The summed E-state index contributed by atoms with van der Waals surface area (Å²) >= 11 is 0. The highest BCUT2D eigenvalue weighted by atomic mass is 19.1. The average Bonchev–Trinajstić information content (AvgIpc) is 2.39. The number of pyridine rings is 1. The summed E-state index contributed by atoms with van der Waals surface area (Å²) in [5, 5.41) is 0. The maximum Gasteiger partial charge on any atom is 0.141 e. The van der Waals surface area contributed by atoms with E-state index in [9.17, 15) is 4.39 Å². The van der Waals surface area contributed by atoms with Gasteiger partial charge in [-0.05, 0) is 32.0 Å². The highest BCUT2D eigenvalue weighted by Gasteiger charge is 2.17. The van der Waals surface area contributed by atoms with E-state index < -0.39 is 0 Å².